The SMILES string of the molecule is COC(=O)N(C)c1ccc(NC2CC2)nc1. The van der Waals surface area contributed by atoms with E-state index in [0.717, 1.165) is 5.82 Å². The lowest BCUT2D eigenvalue weighted by Crippen LogP contribution is -2.25. The quantitative estimate of drug-likeness (QED) is 0.846. The van der Waals surface area contributed by atoms with E-state index in [1.165, 1.54) is 24.9 Å². The monoisotopic (exact) mass is 221 g/mol. The number of ether oxygens (including phenoxy) is 1. The lowest BCUT2D eigenvalue weighted by atomic mass is 10.4. The molecule has 0 atom stereocenters. The van der Waals surface area contributed by atoms with Crippen LogP contribution in [0.3, 0.4) is 0 Å². The van der Waals surface area contributed by atoms with Gasteiger partial charge in [0.2, 0.25) is 0 Å². The molecule has 1 saturated carbocycles. The number of pyridine rings is 1. The van der Waals surface area contributed by atoms with Crippen LogP contribution in [0.25, 0.3) is 0 Å². The van der Waals surface area contributed by atoms with Gasteiger partial charge >= 0.3 is 6.09 Å². The van der Waals surface area contributed by atoms with E-state index >= 15 is 0 Å². The molecule has 1 aliphatic rings. The Kier molecular flexibility index (Phi) is 2.94. The number of amides is 1. The predicted molar refractivity (Wildman–Crippen MR) is 61.7 cm³/mol. The van der Waals surface area contributed by atoms with Crippen LogP contribution >= 0.6 is 0 Å². The molecule has 1 amide bonds. The maximum Gasteiger partial charge on any atom is 0.413 e. The van der Waals surface area contributed by atoms with Crippen LogP contribution in [0.5, 0.6) is 0 Å². The van der Waals surface area contributed by atoms with Gasteiger partial charge in [0.05, 0.1) is 19.0 Å². The Morgan fingerprint density at radius 3 is 2.81 bits per heavy atom. The topological polar surface area (TPSA) is 54.5 Å². The molecule has 16 heavy (non-hydrogen) atoms. The molecule has 1 aromatic rings. The van der Waals surface area contributed by atoms with Crippen LogP contribution in [0, 0.1) is 0 Å². The summed E-state index contributed by atoms with van der Waals surface area (Å²) in [6, 6.07) is 4.29. The van der Waals surface area contributed by atoms with Crippen LogP contribution in [0.4, 0.5) is 16.3 Å². The van der Waals surface area contributed by atoms with Crippen LogP contribution in [-0.2, 0) is 4.74 Å². The number of aromatic nitrogens is 1. The van der Waals surface area contributed by atoms with Crippen LogP contribution < -0.4 is 10.2 Å². The van der Waals surface area contributed by atoms with E-state index in [0.29, 0.717) is 11.7 Å². The van der Waals surface area contributed by atoms with Crippen molar-refractivity contribution in [3.63, 3.8) is 0 Å². The first kappa shape index (κ1) is 10.7. The molecular weight excluding hydrogens is 206 g/mol. The summed E-state index contributed by atoms with van der Waals surface area (Å²) in [5, 5.41) is 3.28. The molecule has 1 N–H and O–H groups in total. The highest BCUT2D eigenvalue weighted by molar-refractivity contribution is 5.86. The van der Waals surface area contributed by atoms with Crippen molar-refractivity contribution >= 4 is 17.6 Å². The third-order valence-corrected chi connectivity index (χ3v) is 2.51. The highest BCUT2D eigenvalue weighted by Gasteiger charge is 2.21. The summed E-state index contributed by atoms with van der Waals surface area (Å²) < 4.78 is 4.61. The third kappa shape index (κ3) is 2.42. The minimum atomic E-state index is -0.398. The van der Waals surface area contributed by atoms with Crippen molar-refractivity contribution in [3.05, 3.63) is 18.3 Å². The lowest BCUT2D eigenvalue weighted by Gasteiger charge is -2.15. The molecule has 0 aromatic carbocycles. The molecule has 1 aliphatic carbocycles. The largest absolute Gasteiger partial charge is 0.452 e. The Hall–Kier alpha value is -1.78. The van der Waals surface area contributed by atoms with Gasteiger partial charge in [0.25, 0.3) is 0 Å². The average molecular weight is 221 g/mol. The van der Waals surface area contributed by atoms with Crippen LogP contribution in [-0.4, -0.2) is 31.3 Å². The molecular formula is C11H15N3O2. The Bertz CT molecular complexity index is 373. The maximum absolute atomic E-state index is 11.2. The lowest BCUT2D eigenvalue weighted by molar-refractivity contribution is 0.180. The molecule has 1 fully saturated rings. The highest BCUT2D eigenvalue weighted by Crippen LogP contribution is 2.24. The first-order chi connectivity index (χ1) is 7.70. The molecule has 1 aromatic heterocycles. The van der Waals surface area contributed by atoms with E-state index in [1.807, 2.05) is 12.1 Å². The first-order valence-corrected chi connectivity index (χ1v) is 5.25. The molecule has 0 saturated heterocycles. The van der Waals surface area contributed by atoms with Gasteiger partial charge in [0.15, 0.2) is 0 Å². The summed E-state index contributed by atoms with van der Waals surface area (Å²) in [6.07, 6.45) is 3.68. The maximum atomic E-state index is 11.2. The fraction of sp³-hybridized carbons (Fsp3) is 0.455. The zero-order valence-electron chi connectivity index (χ0n) is 9.43. The van der Waals surface area contributed by atoms with Gasteiger partial charge in [-0.15, -0.1) is 0 Å². The van der Waals surface area contributed by atoms with Gasteiger partial charge in [-0.3, -0.25) is 4.90 Å². The van der Waals surface area contributed by atoms with Crippen molar-refractivity contribution in [1.29, 1.82) is 0 Å². The summed E-state index contributed by atoms with van der Waals surface area (Å²) in [4.78, 5) is 16.9. The van der Waals surface area contributed by atoms with Crippen molar-refractivity contribution in [1.82, 2.24) is 4.98 Å². The number of hydrogen-bond acceptors (Lipinski definition) is 4. The van der Waals surface area contributed by atoms with Crippen molar-refractivity contribution in [2.75, 3.05) is 24.4 Å². The smallest absolute Gasteiger partial charge is 0.413 e. The number of anilines is 2. The molecule has 0 bridgehead atoms. The number of nitrogens with zero attached hydrogens (tertiary/aromatic N) is 2. The fourth-order valence-electron chi connectivity index (χ4n) is 1.35. The van der Waals surface area contributed by atoms with E-state index in [9.17, 15) is 4.79 Å². The normalized spacial score (nSPS) is 14.4. The highest BCUT2D eigenvalue weighted by atomic mass is 16.5. The van der Waals surface area contributed by atoms with E-state index < -0.39 is 6.09 Å². The van der Waals surface area contributed by atoms with Gasteiger partial charge in [-0.1, -0.05) is 0 Å². The molecule has 0 unspecified atom stereocenters. The van der Waals surface area contributed by atoms with Gasteiger partial charge in [-0.25, -0.2) is 9.78 Å². The molecule has 0 spiro atoms. The number of carbonyl (C=O) groups excluding carboxylic acids is 1. The third-order valence-electron chi connectivity index (χ3n) is 2.51. The number of carbonyl (C=O) groups is 1. The van der Waals surface area contributed by atoms with Crippen molar-refractivity contribution in [2.45, 2.75) is 18.9 Å². The van der Waals surface area contributed by atoms with Gasteiger partial charge in [-0.2, -0.15) is 0 Å². The zero-order valence-corrected chi connectivity index (χ0v) is 9.43. The summed E-state index contributed by atoms with van der Waals surface area (Å²) in [7, 11) is 3.01. The van der Waals surface area contributed by atoms with Gasteiger partial charge in [0.1, 0.15) is 5.82 Å². The van der Waals surface area contributed by atoms with Gasteiger partial charge in [-0.05, 0) is 25.0 Å². The Morgan fingerprint density at radius 2 is 2.31 bits per heavy atom. The minimum absolute atomic E-state index is 0.398. The molecule has 1 heterocycles. The van der Waals surface area contributed by atoms with E-state index in [1.54, 1.807) is 13.2 Å². The average Bonchev–Trinajstić information content (AvgIpc) is 3.12. The summed E-state index contributed by atoms with van der Waals surface area (Å²) in [5.74, 6) is 0.851. The summed E-state index contributed by atoms with van der Waals surface area (Å²) in [5.41, 5.74) is 0.716. The number of rotatable bonds is 3. The van der Waals surface area contributed by atoms with Gasteiger partial charge in [0, 0.05) is 13.1 Å². The van der Waals surface area contributed by atoms with Crippen LogP contribution in [0.1, 0.15) is 12.8 Å². The summed E-state index contributed by atoms with van der Waals surface area (Å²) in [6.45, 7) is 0. The second-order valence-corrected chi connectivity index (χ2v) is 3.85. The van der Waals surface area contributed by atoms with E-state index in [-0.39, 0.29) is 0 Å². The van der Waals surface area contributed by atoms with E-state index in [2.05, 4.69) is 15.0 Å². The predicted octanol–water partition coefficient (Wildman–Crippen LogP) is 1.86. The van der Waals surface area contributed by atoms with Crippen LogP contribution in [0.15, 0.2) is 18.3 Å². The summed E-state index contributed by atoms with van der Waals surface area (Å²) >= 11 is 0. The first-order valence-electron chi connectivity index (χ1n) is 5.25. The fourth-order valence-corrected chi connectivity index (χ4v) is 1.35. The minimum Gasteiger partial charge on any atom is -0.452 e. The van der Waals surface area contributed by atoms with Gasteiger partial charge < -0.3 is 10.1 Å². The van der Waals surface area contributed by atoms with Crippen LogP contribution in [0.2, 0.25) is 0 Å². The molecule has 0 radical (unpaired) electrons. The second-order valence-electron chi connectivity index (χ2n) is 3.85. The molecule has 86 valence electrons. The molecule has 0 aliphatic heterocycles. The Balaban J connectivity index is 2.02. The van der Waals surface area contributed by atoms with E-state index in [4.69, 9.17) is 0 Å². The Morgan fingerprint density at radius 1 is 1.56 bits per heavy atom. The van der Waals surface area contributed by atoms with Crippen molar-refractivity contribution in [2.24, 2.45) is 0 Å². The number of nitrogens with one attached hydrogen (secondary N) is 1. The molecule has 5 nitrogen and oxygen atoms in total. The second kappa shape index (κ2) is 4.38. The Labute approximate surface area is 94.4 Å². The molecule has 5 heteroatoms. The number of hydrogen-bond donors (Lipinski definition) is 1. The zero-order chi connectivity index (χ0) is 11.5. The molecule has 2 rings (SSSR count). The number of methoxy groups -OCH3 is 1. The van der Waals surface area contributed by atoms with Crippen molar-refractivity contribution < 1.29 is 9.53 Å². The standard InChI is InChI=1S/C11H15N3O2/c1-14(11(15)16-2)9-5-6-10(12-7-9)13-8-3-4-8/h5-8H,3-4H2,1-2H3,(H,12,13). The van der Waals surface area contributed by atoms with Crippen molar-refractivity contribution in [3.8, 4) is 0 Å².